The second-order valence-corrected chi connectivity index (χ2v) is 4.83. The summed E-state index contributed by atoms with van der Waals surface area (Å²) >= 11 is 5.84. The molecule has 0 aliphatic rings. The molecule has 1 aromatic heterocycles. The van der Waals surface area contributed by atoms with E-state index in [0.717, 1.165) is 5.56 Å². The van der Waals surface area contributed by atoms with Crippen molar-refractivity contribution in [2.75, 3.05) is 6.61 Å². The molecule has 0 unspecified atom stereocenters. The molecule has 104 valence electrons. The van der Waals surface area contributed by atoms with Crippen LogP contribution in [0.3, 0.4) is 0 Å². The molecule has 2 N–H and O–H groups in total. The van der Waals surface area contributed by atoms with Crippen molar-refractivity contribution in [1.82, 2.24) is 10.3 Å². The lowest BCUT2D eigenvalue weighted by Crippen LogP contribution is -2.30. The van der Waals surface area contributed by atoms with Crippen LogP contribution in [0, 0.1) is 6.92 Å². The maximum Gasteiger partial charge on any atom is 0.252 e. The zero-order chi connectivity index (χ0) is 14.5. The molecule has 0 fully saturated rings. The van der Waals surface area contributed by atoms with E-state index < -0.39 is 6.04 Å². The molecule has 1 amide bonds. The summed E-state index contributed by atoms with van der Waals surface area (Å²) < 4.78 is 0. The summed E-state index contributed by atoms with van der Waals surface area (Å²) in [5.74, 6) is -0.291. The molecule has 1 aromatic carbocycles. The lowest BCUT2D eigenvalue weighted by Gasteiger charge is -2.17. The highest BCUT2D eigenvalue weighted by molar-refractivity contribution is 6.29. The van der Waals surface area contributed by atoms with Gasteiger partial charge in [-0.2, -0.15) is 0 Å². The molecule has 0 bridgehead atoms. The van der Waals surface area contributed by atoms with Crippen molar-refractivity contribution < 1.29 is 9.90 Å². The normalized spacial score (nSPS) is 11.9. The molecule has 0 radical (unpaired) electrons. The van der Waals surface area contributed by atoms with E-state index >= 15 is 0 Å². The van der Waals surface area contributed by atoms with E-state index in [4.69, 9.17) is 11.6 Å². The van der Waals surface area contributed by atoms with Gasteiger partial charge >= 0.3 is 0 Å². The fourth-order valence-corrected chi connectivity index (χ4v) is 2.17. The predicted molar refractivity (Wildman–Crippen MR) is 77.7 cm³/mol. The van der Waals surface area contributed by atoms with Gasteiger partial charge in [0.1, 0.15) is 5.15 Å². The van der Waals surface area contributed by atoms with Gasteiger partial charge < -0.3 is 10.4 Å². The largest absolute Gasteiger partial charge is 0.394 e. The van der Waals surface area contributed by atoms with Crippen LogP contribution in [0.2, 0.25) is 5.15 Å². The van der Waals surface area contributed by atoms with Crippen LogP contribution in [0.25, 0.3) is 0 Å². The smallest absolute Gasteiger partial charge is 0.252 e. The van der Waals surface area contributed by atoms with Crippen molar-refractivity contribution in [3.05, 3.63) is 64.4 Å². The maximum atomic E-state index is 12.2. The summed E-state index contributed by atoms with van der Waals surface area (Å²) in [7, 11) is 0. The number of carbonyl (C=O) groups excluding carboxylic acids is 1. The first-order chi connectivity index (χ1) is 9.60. The minimum atomic E-state index is -0.448. The summed E-state index contributed by atoms with van der Waals surface area (Å²) in [4.78, 5) is 16.2. The third-order valence-corrected chi connectivity index (χ3v) is 3.07. The molecular weight excluding hydrogens is 276 g/mol. The number of nitrogens with zero attached hydrogens (tertiary/aromatic N) is 1. The number of aliphatic hydroxyl groups excluding tert-OH is 1. The fourth-order valence-electron chi connectivity index (χ4n) is 1.92. The van der Waals surface area contributed by atoms with E-state index in [1.807, 2.05) is 30.3 Å². The number of halogens is 1. The fraction of sp³-hybridized carbons (Fsp3) is 0.200. The third kappa shape index (κ3) is 3.56. The quantitative estimate of drug-likeness (QED) is 0.851. The number of aromatic nitrogens is 1. The zero-order valence-corrected chi connectivity index (χ0v) is 11.8. The van der Waals surface area contributed by atoms with Crippen molar-refractivity contribution >= 4 is 17.5 Å². The molecule has 1 atom stereocenters. The Kier molecular flexibility index (Phi) is 4.71. The van der Waals surface area contributed by atoms with Gasteiger partial charge in [0, 0.05) is 11.3 Å². The van der Waals surface area contributed by atoms with Gasteiger partial charge in [0.05, 0.1) is 12.6 Å². The van der Waals surface area contributed by atoms with Gasteiger partial charge in [-0.25, -0.2) is 4.98 Å². The van der Waals surface area contributed by atoms with E-state index in [0.29, 0.717) is 11.3 Å². The van der Waals surface area contributed by atoms with E-state index in [2.05, 4.69) is 10.3 Å². The first-order valence-corrected chi connectivity index (χ1v) is 6.59. The summed E-state index contributed by atoms with van der Waals surface area (Å²) in [5.41, 5.74) is 1.94. The highest BCUT2D eigenvalue weighted by atomic mass is 35.5. The molecular formula is C15H15ClN2O2. The Morgan fingerprint density at radius 3 is 2.65 bits per heavy atom. The molecule has 20 heavy (non-hydrogen) atoms. The first kappa shape index (κ1) is 14.5. The van der Waals surface area contributed by atoms with Crippen molar-refractivity contribution in [1.29, 1.82) is 0 Å². The van der Waals surface area contributed by atoms with Gasteiger partial charge in [0.25, 0.3) is 5.91 Å². The van der Waals surface area contributed by atoms with Gasteiger partial charge in [-0.3, -0.25) is 4.79 Å². The average Bonchev–Trinajstić information content (AvgIpc) is 2.44. The van der Waals surface area contributed by atoms with Crippen molar-refractivity contribution in [2.24, 2.45) is 0 Å². The molecule has 5 heteroatoms. The molecule has 0 saturated heterocycles. The first-order valence-electron chi connectivity index (χ1n) is 6.21. The Labute approximate surface area is 122 Å². The lowest BCUT2D eigenvalue weighted by atomic mass is 10.1. The van der Waals surface area contributed by atoms with Gasteiger partial charge in [0.2, 0.25) is 0 Å². The molecule has 2 aromatic rings. The minimum absolute atomic E-state index is 0.173. The predicted octanol–water partition coefficient (Wildman–Crippen LogP) is 2.51. The number of carbonyl (C=O) groups is 1. The van der Waals surface area contributed by atoms with E-state index in [1.165, 1.54) is 6.07 Å². The standard InChI is InChI=1S/C15H15ClN2O2/c1-10-7-12(8-14(16)17-10)15(20)18-13(9-19)11-5-3-2-4-6-11/h2-8,13,19H,9H2,1H3,(H,18,20)/t13-/m0/s1. The molecule has 2 rings (SSSR count). The number of aliphatic hydroxyl groups is 1. The number of pyridine rings is 1. The second kappa shape index (κ2) is 6.50. The Hall–Kier alpha value is -1.91. The molecule has 0 spiro atoms. The van der Waals surface area contributed by atoms with Gasteiger partial charge in [-0.05, 0) is 24.6 Å². The number of rotatable bonds is 4. The molecule has 1 heterocycles. The van der Waals surface area contributed by atoms with Crippen molar-refractivity contribution in [3.63, 3.8) is 0 Å². The summed E-state index contributed by atoms with van der Waals surface area (Å²) in [5, 5.41) is 12.5. The topological polar surface area (TPSA) is 62.2 Å². The summed E-state index contributed by atoms with van der Waals surface area (Å²) in [6, 6.07) is 12.0. The molecule has 4 nitrogen and oxygen atoms in total. The van der Waals surface area contributed by atoms with Gasteiger partial charge in [-0.1, -0.05) is 41.9 Å². The molecule has 0 aliphatic heterocycles. The van der Waals surface area contributed by atoms with Crippen LogP contribution in [0.1, 0.15) is 27.7 Å². The molecule has 0 aliphatic carbocycles. The summed E-state index contributed by atoms with van der Waals surface area (Å²) in [6.07, 6.45) is 0. The minimum Gasteiger partial charge on any atom is -0.394 e. The monoisotopic (exact) mass is 290 g/mol. The number of benzene rings is 1. The second-order valence-electron chi connectivity index (χ2n) is 4.44. The lowest BCUT2D eigenvalue weighted by molar-refractivity contribution is 0.0916. The van der Waals surface area contributed by atoms with Crippen LogP contribution >= 0.6 is 11.6 Å². The number of hydrogen-bond donors (Lipinski definition) is 2. The van der Waals surface area contributed by atoms with Gasteiger partial charge in [0.15, 0.2) is 0 Å². The number of aryl methyl sites for hydroxylation is 1. The van der Waals surface area contributed by atoms with Crippen LogP contribution in [-0.2, 0) is 0 Å². The van der Waals surface area contributed by atoms with Crippen molar-refractivity contribution in [3.8, 4) is 0 Å². The Morgan fingerprint density at radius 1 is 1.35 bits per heavy atom. The van der Waals surface area contributed by atoms with Crippen molar-refractivity contribution in [2.45, 2.75) is 13.0 Å². The average molecular weight is 291 g/mol. The van der Waals surface area contributed by atoms with Crippen LogP contribution in [0.15, 0.2) is 42.5 Å². The van der Waals surface area contributed by atoms with Gasteiger partial charge in [-0.15, -0.1) is 0 Å². The number of amides is 1. The Morgan fingerprint density at radius 2 is 2.05 bits per heavy atom. The van der Waals surface area contributed by atoms with Crippen LogP contribution in [0.5, 0.6) is 0 Å². The summed E-state index contributed by atoms with van der Waals surface area (Å²) in [6.45, 7) is 1.59. The maximum absolute atomic E-state index is 12.2. The van der Waals surface area contributed by atoms with E-state index in [9.17, 15) is 9.90 Å². The number of nitrogens with one attached hydrogen (secondary N) is 1. The van der Waals surface area contributed by atoms with E-state index in [1.54, 1.807) is 13.0 Å². The molecule has 0 saturated carbocycles. The van der Waals surface area contributed by atoms with Crippen LogP contribution in [0.4, 0.5) is 0 Å². The third-order valence-electron chi connectivity index (χ3n) is 2.87. The number of hydrogen-bond acceptors (Lipinski definition) is 3. The Balaban J connectivity index is 2.17. The SMILES string of the molecule is Cc1cc(C(=O)N[C@@H](CO)c2ccccc2)cc(Cl)n1. The van der Waals surface area contributed by atoms with E-state index in [-0.39, 0.29) is 17.7 Å². The van der Waals surface area contributed by atoms with Crippen LogP contribution in [-0.4, -0.2) is 22.6 Å². The highest BCUT2D eigenvalue weighted by Crippen LogP contribution is 2.15. The highest BCUT2D eigenvalue weighted by Gasteiger charge is 2.15. The Bertz CT molecular complexity index is 582. The van der Waals surface area contributed by atoms with Crippen LogP contribution < -0.4 is 5.32 Å². The zero-order valence-electron chi connectivity index (χ0n) is 11.0.